The highest BCUT2D eigenvalue weighted by molar-refractivity contribution is 7.09. The van der Waals surface area contributed by atoms with Gasteiger partial charge in [0.25, 0.3) is 5.91 Å². The third-order valence-electron chi connectivity index (χ3n) is 6.78. The van der Waals surface area contributed by atoms with Gasteiger partial charge >= 0.3 is 0 Å². The van der Waals surface area contributed by atoms with Crippen molar-refractivity contribution in [3.05, 3.63) is 81.8 Å². The third-order valence-corrected chi connectivity index (χ3v) is 7.56. The molecule has 1 amide bonds. The molecular formula is C30H43N5OS. The molecule has 0 aliphatic carbocycles. The molecule has 0 bridgehead atoms. The number of carbonyl (C=O) groups is 1. The van der Waals surface area contributed by atoms with Crippen LogP contribution in [0.3, 0.4) is 0 Å². The van der Waals surface area contributed by atoms with E-state index >= 15 is 0 Å². The smallest absolute Gasteiger partial charge is 0.253 e. The van der Waals surface area contributed by atoms with Gasteiger partial charge in [-0.15, -0.1) is 11.3 Å². The van der Waals surface area contributed by atoms with E-state index in [4.69, 9.17) is 0 Å². The summed E-state index contributed by atoms with van der Waals surface area (Å²) in [6.45, 7) is 16.3. The number of carbonyl (C=O) groups excluding carboxylic acids is 1. The fourth-order valence-electron chi connectivity index (χ4n) is 4.98. The molecule has 1 aromatic heterocycles. The van der Waals surface area contributed by atoms with Crippen LogP contribution in [0.25, 0.3) is 0 Å². The Morgan fingerprint density at radius 3 is 2.32 bits per heavy atom. The van der Waals surface area contributed by atoms with Gasteiger partial charge in [0, 0.05) is 61.1 Å². The third kappa shape index (κ3) is 6.78. The number of hydrogen-bond acceptors (Lipinski definition) is 6. The number of nitrogens with zero attached hydrogens (tertiary/aromatic N) is 3. The number of benzene rings is 2. The normalized spacial score (nSPS) is 19.9. The highest BCUT2D eigenvalue weighted by Crippen LogP contribution is 2.44. The number of rotatable bonds is 9. The van der Waals surface area contributed by atoms with Gasteiger partial charge < -0.3 is 15.5 Å². The predicted octanol–water partition coefficient (Wildman–Crippen LogP) is 6.04. The topological polar surface area (TPSA) is 60.3 Å². The summed E-state index contributed by atoms with van der Waals surface area (Å²) in [5, 5.41) is 10.1. The number of thiazole rings is 1. The Morgan fingerprint density at radius 2 is 1.73 bits per heavy atom. The molecule has 2 aromatic carbocycles. The zero-order valence-electron chi connectivity index (χ0n) is 23.2. The second-order valence-electron chi connectivity index (χ2n) is 8.65. The fourth-order valence-corrected chi connectivity index (χ4v) is 5.53. The van der Waals surface area contributed by atoms with Gasteiger partial charge in [-0.2, -0.15) is 0 Å². The summed E-state index contributed by atoms with van der Waals surface area (Å²) in [6.07, 6.45) is 1.84. The van der Waals surface area contributed by atoms with Crippen LogP contribution in [0.2, 0.25) is 0 Å². The average Bonchev–Trinajstić information content (AvgIpc) is 3.34. The molecule has 0 saturated carbocycles. The van der Waals surface area contributed by atoms with Crippen molar-refractivity contribution in [3.63, 3.8) is 0 Å². The molecule has 37 heavy (non-hydrogen) atoms. The lowest BCUT2D eigenvalue weighted by atomic mass is 9.96. The van der Waals surface area contributed by atoms with Crippen molar-refractivity contribution in [1.29, 1.82) is 0 Å². The number of fused-ring (bicyclic) bond motifs is 1. The van der Waals surface area contributed by atoms with Gasteiger partial charge in [-0.05, 0) is 49.2 Å². The lowest BCUT2D eigenvalue weighted by molar-refractivity contribution is 0.0773. The first-order valence-electron chi connectivity index (χ1n) is 13.8. The van der Waals surface area contributed by atoms with Gasteiger partial charge in [-0.3, -0.25) is 9.69 Å². The Bertz CT molecular complexity index is 1070. The van der Waals surface area contributed by atoms with Crippen LogP contribution in [0.15, 0.2) is 60.1 Å². The molecule has 200 valence electrons. The molecule has 3 aromatic rings. The molecular weight excluding hydrogens is 478 g/mol. The van der Waals surface area contributed by atoms with Crippen molar-refractivity contribution in [2.75, 3.05) is 31.5 Å². The number of aromatic nitrogens is 1. The van der Waals surface area contributed by atoms with E-state index in [0.717, 1.165) is 49.0 Å². The molecule has 2 N–H and O–H groups in total. The van der Waals surface area contributed by atoms with Crippen LogP contribution in [0.4, 0.5) is 5.69 Å². The highest BCUT2D eigenvalue weighted by atomic mass is 32.1. The first-order valence-corrected chi connectivity index (χ1v) is 14.7. The van der Waals surface area contributed by atoms with Crippen molar-refractivity contribution in [2.24, 2.45) is 0 Å². The standard InChI is InChI=1S/C26H31N5OS.2C2H6/c1-3-30(4-2)26(32)19-10-8-18(9-11-19)25(31-22-15-27-16-23(22)31)20-6-5-7-21(14-20)29-17-24-28-12-13-33-24;2*1-2/h5-14,22-23,25,27,29H,3-4,15-17H2,1-2H3;2*1-2H3/t22-,23?,25?,31?;;/m1../s1. The molecule has 0 spiro atoms. The molecule has 2 aliphatic rings. The van der Waals surface area contributed by atoms with E-state index in [1.54, 1.807) is 11.3 Å². The molecule has 3 heterocycles. The molecule has 4 atom stereocenters. The maximum Gasteiger partial charge on any atom is 0.253 e. The molecule has 5 rings (SSSR count). The lowest BCUT2D eigenvalue weighted by Gasteiger charge is -2.24. The maximum absolute atomic E-state index is 12.8. The fraction of sp³-hybridized carbons (Fsp3) is 0.467. The van der Waals surface area contributed by atoms with Crippen LogP contribution in [-0.2, 0) is 6.54 Å². The Hall–Kier alpha value is -2.74. The average molecular weight is 522 g/mol. The summed E-state index contributed by atoms with van der Waals surface area (Å²) in [5.74, 6) is 0.101. The van der Waals surface area contributed by atoms with Crippen molar-refractivity contribution in [1.82, 2.24) is 20.1 Å². The van der Waals surface area contributed by atoms with Gasteiger partial charge in [-0.25, -0.2) is 4.98 Å². The van der Waals surface area contributed by atoms with Crippen LogP contribution in [0, 0.1) is 0 Å². The summed E-state index contributed by atoms with van der Waals surface area (Å²) in [7, 11) is 0. The van der Waals surface area contributed by atoms with E-state index in [0.29, 0.717) is 12.1 Å². The largest absolute Gasteiger partial charge is 0.379 e. The van der Waals surface area contributed by atoms with E-state index in [-0.39, 0.29) is 11.9 Å². The Balaban J connectivity index is 0.000000907. The van der Waals surface area contributed by atoms with Gasteiger partial charge in [0.15, 0.2) is 0 Å². The minimum atomic E-state index is 0.101. The van der Waals surface area contributed by atoms with Gasteiger partial charge in [0.05, 0.1) is 12.6 Å². The number of hydrogen-bond donors (Lipinski definition) is 2. The van der Waals surface area contributed by atoms with Crippen LogP contribution >= 0.6 is 11.3 Å². The van der Waals surface area contributed by atoms with E-state index in [1.807, 2.05) is 70.2 Å². The summed E-state index contributed by atoms with van der Waals surface area (Å²) in [6, 6.07) is 18.3. The van der Waals surface area contributed by atoms with Crippen LogP contribution in [-0.4, -0.2) is 59.0 Å². The number of piperazine rings is 1. The van der Waals surface area contributed by atoms with Gasteiger partial charge in [0.2, 0.25) is 0 Å². The summed E-state index contributed by atoms with van der Waals surface area (Å²) < 4.78 is 0. The van der Waals surface area contributed by atoms with E-state index in [1.165, 1.54) is 11.1 Å². The highest BCUT2D eigenvalue weighted by Gasteiger charge is 2.54. The maximum atomic E-state index is 12.8. The minimum Gasteiger partial charge on any atom is -0.379 e. The number of anilines is 1. The van der Waals surface area contributed by atoms with Gasteiger partial charge in [0.1, 0.15) is 5.01 Å². The van der Waals surface area contributed by atoms with Crippen molar-refractivity contribution in [3.8, 4) is 0 Å². The van der Waals surface area contributed by atoms with Crippen LogP contribution in [0.1, 0.15) is 74.1 Å². The molecule has 3 unspecified atom stereocenters. The Morgan fingerprint density at radius 1 is 1.05 bits per heavy atom. The first-order chi connectivity index (χ1) is 18.2. The molecule has 2 saturated heterocycles. The lowest BCUT2D eigenvalue weighted by Crippen LogP contribution is -2.30. The van der Waals surface area contributed by atoms with Gasteiger partial charge in [-0.1, -0.05) is 52.0 Å². The molecule has 0 radical (unpaired) electrons. The molecule has 2 aliphatic heterocycles. The van der Waals surface area contributed by atoms with E-state index in [9.17, 15) is 4.79 Å². The second-order valence-corrected chi connectivity index (χ2v) is 9.63. The molecule has 2 fully saturated rings. The van der Waals surface area contributed by atoms with Crippen molar-refractivity contribution < 1.29 is 4.79 Å². The summed E-state index contributed by atoms with van der Waals surface area (Å²) >= 11 is 1.66. The SMILES string of the molecule is CC.CC.CCN(CC)C(=O)c1ccc(C(c2cccc(NCc3nccs3)c2)N2C3CNC[C@H]32)cc1. The zero-order chi connectivity index (χ0) is 26.8. The number of amides is 1. The Kier molecular flexibility index (Phi) is 11.1. The second kappa shape index (κ2) is 14.3. The zero-order valence-corrected chi connectivity index (χ0v) is 24.0. The molecule has 7 heteroatoms. The predicted molar refractivity (Wildman–Crippen MR) is 156 cm³/mol. The summed E-state index contributed by atoms with van der Waals surface area (Å²) in [5.41, 5.74) is 4.37. The monoisotopic (exact) mass is 521 g/mol. The minimum absolute atomic E-state index is 0.101. The Labute approximate surface area is 227 Å². The first kappa shape index (κ1) is 28.8. The van der Waals surface area contributed by atoms with E-state index < -0.39 is 0 Å². The van der Waals surface area contributed by atoms with Crippen molar-refractivity contribution >= 4 is 22.9 Å². The van der Waals surface area contributed by atoms with Crippen LogP contribution < -0.4 is 10.6 Å². The quantitative estimate of drug-likeness (QED) is 0.337. The van der Waals surface area contributed by atoms with E-state index in [2.05, 4.69) is 56.9 Å². The van der Waals surface area contributed by atoms with Crippen LogP contribution in [0.5, 0.6) is 0 Å². The van der Waals surface area contributed by atoms with Crippen molar-refractivity contribution in [2.45, 2.75) is 66.2 Å². The summed E-state index contributed by atoms with van der Waals surface area (Å²) in [4.78, 5) is 21.6. The molecule has 6 nitrogen and oxygen atoms in total. The number of nitrogens with one attached hydrogen (secondary N) is 2.